The first-order valence-corrected chi connectivity index (χ1v) is 20.0. The van der Waals surface area contributed by atoms with Gasteiger partial charge in [-0.1, -0.05) is 95.7 Å². The molecule has 3 aromatic rings. The van der Waals surface area contributed by atoms with Crippen LogP contribution in [0.2, 0.25) is 0 Å². The van der Waals surface area contributed by atoms with Gasteiger partial charge in [0, 0.05) is 14.7 Å². The molecule has 3 nitrogen and oxygen atoms in total. The number of aryl methyl sites for hydroxylation is 3. The molecule has 3 aromatic carbocycles. The van der Waals surface area contributed by atoms with Crippen LogP contribution in [0.4, 0.5) is 39.5 Å². The molecule has 0 fully saturated rings. The van der Waals surface area contributed by atoms with Crippen molar-refractivity contribution in [3.63, 3.8) is 0 Å². The Hall–Kier alpha value is -2.71. The van der Waals surface area contributed by atoms with Crippen molar-refractivity contribution in [2.75, 3.05) is 0 Å². The van der Waals surface area contributed by atoms with Gasteiger partial charge in [-0.2, -0.15) is 47.9 Å². The third-order valence-electron chi connectivity index (χ3n) is 8.59. The summed E-state index contributed by atoms with van der Waals surface area (Å²) in [5.74, 6) is -14.9. The topological polar surface area (TPSA) is 43.4 Å². The molecule has 0 radical (unpaired) electrons. The lowest BCUT2D eigenvalue weighted by Crippen LogP contribution is -2.63. The van der Waals surface area contributed by atoms with Crippen LogP contribution < -0.4 is 0 Å². The van der Waals surface area contributed by atoms with E-state index in [9.17, 15) is 39.2 Å². The molecule has 0 aliphatic rings. The van der Waals surface area contributed by atoms with Gasteiger partial charge in [0.15, 0.2) is 0 Å². The number of hydrogen-bond acceptors (Lipinski definition) is 3. The van der Waals surface area contributed by atoms with Crippen LogP contribution in [-0.2, 0) is 33.0 Å². The predicted molar refractivity (Wildman–Crippen MR) is 182 cm³/mol. The van der Waals surface area contributed by atoms with E-state index in [-0.39, 0.29) is 14.7 Å². The lowest BCUT2D eigenvalue weighted by Gasteiger charge is -2.41. The molecule has 0 aliphatic heterocycles. The second-order valence-electron chi connectivity index (χ2n) is 12.5. The van der Waals surface area contributed by atoms with Crippen LogP contribution in [0.25, 0.3) is 0 Å². The van der Waals surface area contributed by atoms with E-state index in [4.69, 9.17) is 3.63 Å². The van der Waals surface area contributed by atoms with Crippen molar-refractivity contribution in [1.29, 1.82) is 0 Å². The van der Waals surface area contributed by atoms with E-state index < -0.39 is 43.7 Å². The van der Waals surface area contributed by atoms with E-state index in [2.05, 4.69) is 0 Å². The van der Waals surface area contributed by atoms with Gasteiger partial charge in [0.05, 0.1) is 0 Å². The maximum absolute atomic E-state index is 15.4. The van der Waals surface area contributed by atoms with Crippen molar-refractivity contribution in [2.24, 2.45) is 0 Å². The summed E-state index contributed by atoms with van der Waals surface area (Å²) in [6, 6.07) is 17.8. The Morgan fingerprint density at radius 1 is 0.471 bits per heavy atom. The molecule has 286 valence electrons. The first kappa shape index (κ1) is 42.7. The largest absolute Gasteiger partial charge is 0.460 e. The average Bonchev–Trinajstić information content (AvgIpc) is 3.08. The van der Waals surface area contributed by atoms with E-state index in [0.29, 0.717) is 19.3 Å². The quantitative estimate of drug-likeness (QED) is 0.0848. The predicted octanol–water partition coefficient (Wildman–Crippen LogP) is 12.9. The van der Waals surface area contributed by atoms with Crippen molar-refractivity contribution < 1.29 is 51.6 Å². The summed E-state index contributed by atoms with van der Waals surface area (Å²) in [6.45, 7) is 6.02. The first-order chi connectivity index (χ1) is 23.8. The summed E-state index contributed by atoms with van der Waals surface area (Å²) >= 11 is 0. The highest BCUT2D eigenvalue weighted by molar-refractivity contribution is 8.33. The maximum Gasteiger partial charge on any atom is 0.460 e. The van der Waals surface area contributed by atoms with Gasteiger partial charge in [0.2, 0.25) is 0 Å². The van der Waals surface area contributed by atoms with Crippen LogP contribution in [0.3, 0.4) is 0 Å². The molecule has 0 spiro atoms. The van der Waals surface area contributed by atoms with E-state index in [1.165, 1.54) is 36.4 Å². The lowest BCUT2D eigenvalue weighted by molar-refractivity contribution is -0.382. The van der Waals surface area contributed by atoms with Gasteiger partial charge in [-0.15, -0.1) is 0 Å². The third-order valence-corrected chi connectivity index (χ3v) is 13.8. The van der Waals surface area contributed by atoms with Crippen molar-refractivity contribution in [3.05, 3.63) is 89.5 Å². The molecule has 0 heterocycles. The molecule has 51 heavy (non-hydrogen) atoms. The number of benzene rings is 3. The number of alkyl halides is 9. The SMILES string of the molecule is CCCCCc1ccc(S(OS(=O)(=O)C(F)(F)C(F)(F)C(F)(F)C(F)(F)F)(c2ccc(CCCCC)cc2)c2ccc(CCCCC)cc2)cc1. The molecule has 0 saturated carbocycles. The summed E-state index contributed by atoms with van der Waals surface area (Å²) in [6.07, 6.45) is 2.46. The molecule has 3 rings (SSSR count). The summed E-state index contributed by atoms with van der Waals surface area (Å²) in [5.41, 5.74) is 2.34. The molecule has 14 heteroatoms. The molecule has 0 aliphatic carbocycles. The molecular weight excluding hydrogens is 728 g/mol. The van der Waals surface area contributed by atoms with Crippen LogP contribution in [-0.4, -0.2) is 31.7 Å². The zero-order valence-corrected chi connectivity index (χ0v) is 30.5. The van der Waals surface area contributed by atoms with Gasteiger partial charge in [-0.3, -0.25) is 0 Å². The van der Waals surface area contributed by atoms with Gasteiger partial charge >= 0.3 is 33.4 Å². The number of halogens is 9. The lowest BCUT2D eigenvalue weighted by atomic mass is 10.1. The van der Waals surface area contributed by atoms with Crippen molar-refractivity contribution in [3.8, 4) is 0 Å². The zero-order chi connectivity index (χ0) is 38.1. The number of unbranched alkanes of at least 4 members (excludes halogenated alkanes) is 6. The molecule has 0 aromatic heterocycles. The van der Waals surface area contributed by atoms with Gasteiger partial charge in [0.1, 0.15) is 0 Å². The first-order valence-electron chi connectivity index (χ1n) is 17.1. The minimum absolute atomic E-state index is 0.0792. The number of hydrogen-bond donors (Lipinski definition) is 0. The molecular formula is C37H45F9O3S2. The molecule has 0 amide bonds. The summed E-state index contributed by atoms with van der Waals surface area (Å²) < 4.78 is 159. The van der Waals surface area contributed by atoms with E-state index >= 15 is 8.78 Å². The fourth-order valence-corrected chi connectivity index (χ4v) is 10.7. The Balaban J connectivity index is 2.33. The fraction of sp³-hybridized carbons (Fsp3) is 0.514. The van der Waals surface area contributed by atoms with Gasteiger partial charge < -0.3 is 0 Å². The molecule has 0 saturated heterocycles. The van der Waals surface area contributed by atoms with Crippen LogP contribution in [0.15, 0.2) is 87.5 Å². The van der Waals surface area contributed by atoms with Crippen molar-refractivity contribution in [1.82, 2.24) is 0 Å². The third kappa shape index (κ3) is 9.27. The van der Waals surface area contributed by atoms with E-state index in [1.54, 1.807) is 36.4 Å². The molecule has 0 N–H and O–H groups in total. The zero-order valence-electron chi connectivity index (χ0n) is 28.9. The van der Waals surface area contributed by atoms with Crippen LogP contribution in [0.1, 0.15) is 95.2 Å². The maximum atomic E-state index is 15.4. The van der Waals surface area contributed by atoms with Gasteiger partial charge in [0.25, 0.3) is 0 Å². The van der Waals surface area contributed by atoms with Gasteiger partial charge in [-0.05, 0) is 102 Å². The minimum atomic E-state index is -7.45. The molecule has 0 bridgehead atoms. The summed E-state index contributed by atoms with van der Waals surface area (Å²) in [7, 11) is -11.3. The van der Waals surface area contributed by atoms with Crippen LogP contribution >= 0.6 is 10.3 Å². The Morgan fingerprint density at radius 2 is 0.765 bits per heavy atom. The number of rotatable bonds is 20. The Bertz CT molecular complexity index is 1490. The van der Waals surface area contributed by atoms with E-state index in [0.717, 1.165) is 74.5 Å². The van der Waals surface area contributed by atoms with Crippen LogP contribution in [0, 0.1) is 0 Å². The highest BCUT2D eigenvalue weighted by atomic mass is 32.3. The van der Waals surface area contributed by atoms with Crippen LogP contribution in [0.5, 0.6) is 0 Å². The standard InChI is InChI=1S/C37H45F9O3S2/c1-4-7-10-13-28-16-22-31(23-17-28)50(32-24-18-29(19-25-32)14-11-8-5-2,33-26-20-30(21-27-33)15-12-9-6-3)49-51(47,48)37(45,46)35(40,41)34(38,39)36(42,43)44/h16-27H,4-15H2,1-3H3. The normalized spacial score (nSPS) is 13.8. The smallest absolute Gasteiger partial charge is 0.202 e. The van der Waals surface area contributed by atoms with E-state index in [1.807, 2.05) is 20.8 Å². The Morgan fingerprint density at radius 3 is 1.02 bits per heavy atom. The average molecular weight is 773 g/mol. The fourth-order valence-electron chi connectivity index (χ4n) is 5.50. The molecule has 0 atom stereocenters. The highest BCUT2D eigenvalue weighted by Crippen LogP contribution is 2.71. The van der Waals surface area contributed by atoms with Crippen molar-refractivity contribution in [2.45, 2.75) is 136 Å². The molecule has 0 unspecified atom stereocenters. The Labute approximate surface area is 296 Å². The summed E-state index contributed by atoms with van der Waals surface area (Å²) in [4.78, 5) is -0.238. The second-order valence-corrected chi connectivity index (χ2v) is 17.0. The second kappa shape index (κ2) is 17.4. The highest BCUT2D eigenvalue weighted by Gasteiger charge is 2.86. The monoisotopic (exact) mass is 772 g/mol. The van der Waals surface area contributed by atoms with Crippen molar-refractivity contribution >= 4 is 20.4 Å². The Kier molecular flexibility index (Phi) is 14.6. The minimum Gasteiger partial charge on any atom is -0.202 e. The van der Waals surface area contributed by atoms with Gasteiger partial charge in [-0.25, -0.2) is 3.63 Å². The summed E-state index contributed by atoms with van der Waals surface area (Å²) in [5, 5.41) is -7.03.